The van der Waals surface area contributed by atoms with Gasteiger partial charge in [-0.2, -0.15) is 0 Å². The van der Waals surface area contributed by atoms with Crippen molar-refractivity contribution in [3.63, 3.8) is 0 Å². The van der Waals surface area contributed by atoms with Gasteiger partial charge in [-0.25, -0.2) is 0 Å². The number of hydrogen-bond acceptors (Lipinski definition) is 5. The standard InChI is InChI=1S/ClH.Cu.H2O4S.2H2O/c;;1-5(2,3)4;;/h1H;;(H2,1,2,3,4);2*1H2/p-4. The van der Waals surface area contributed by atoms with Crippen LogP contribution in [0, 0.1) is 0 Å². The van der Waals surface area contributed by atoms with Crippen LogP contribution < -0.4 is 12.4 Å². The maximum absolute atomic E-state index is 8.52. The molecule has 3 N–H and O–H groups in total. The molecule has 0 saturated heterocycles. The van der Waals surface area contributed by atoms with Crippen LogP contribution in [0.3, 0.4) is 0 Å². The van der Waals surface area contributed by atoms with Crippen LogP contribution in [0.5, 0.6) is 0 Å². The van der Waals surface area contributed by atoms with E-state index in [0.29, 0.717) is 0 Å². The topological polar surface area (TPSA) is 142 Å². The van der Waals surface area contributed by atoms with Crippen molar-refractivity contribution in [2.45, 2.75) is 0 Å². The molecule has 6 nitrogen and oxygen atoms in total. The van der Waals surface area contributed by atoms with E-state index in [9.17, 15) is 0 Å². The Labute approximate surface area is 68.7 Å². The summed E-state index contributed by atoms with van der Waals surface area (Å²) >= 11 is 0. The van der Waals surface area contributed by atoms with Gasteiger partial charge in [0.05, 0.1) is 0 Å². The monoisotopic (exact) mass is 229 g/mol. The molecule has 0 unspecified atom stereocenters. The molecule has 0 bridgehead atoms. The average Bonchev–Trinajstić information content (AvgIpc) is 0.722. The van der Waals surface area contributed by atoms with Gasteiger partial charge < -0.3 is 32.5 Å². The molecule has 0 atom stereocenters. The molecular weight excluding hydrogens is 227 g/mol. The summed E-state index contributed by atoms with van der Waals surface area (Å²) in [4.78, 5) is 0. The van der Waals surface area contributed by atoms with Crippen LogP contribution in [0.15, 0.2) is 0 Å². The van der Waals surface area contributed by atoms with E-state index in [2.05, 4.69) is 0 Å². The van der Waals surface area contributed by atoms with Gasteiger partial charge in [0, 0.05) is 27.5 Å². The Morgan fingerprint density at radius 2 is 1.11 bits per heavy atom. The minimum atomic E-state index is -5.17. The Balaban J connectivity index is -0.0000000133. The van der Waals surface area contributed by atoms with Crippen LogP contribution in [0.25, 0.3) is 0 Å². The van der Waals surface area contributed by atoms with Gasteiger partial charge in [0.1, 0.15) is 0 Å². The Bertz CT molecular complexity index is 96.2. The second-order valence-corrected chi connectivity index (χ2v) is 1.22. The average molecular weight is 230 g/mol. The van der Waals surface area contributed by atoms with Crippen LogP contribution in [0.1, 0.15) is 0 Å². The van der Waals surface area contributed by atoms with Crippen LogP contribution in [-0.4, -0.2) is 28.5 Å². The zero-order valence-corrected chi connectivity index (χ0v) is 6.18. The van der Waals surface area contributed by atoms with Crippen molar-refractivity contribution in [1.82, 2.24) is 0 Å². The van der Waals surface area contributed by atoms with E-state index in [-0.39, 0.29) is 40.4 Å². The van der Waals surface area contributed by atoms with Crippen LogP contribution >= 0.6 is 0 Å². The van der Waals surface area contributed by atoms with Gasteiger partial charge >= 0.3 is 0 Å². The first kappa shape index (κ1) is 33.6. The van der Waals surface area contributed by atoms with Gasteiger partial charge in [-0.05, 0) is 0 Å². The van der Waals surface area contributed by atoms with Crippen molar-refractivity contribution in [1.29, 1.82) is 0 Å². The van der Waals surface area contributed by atoms with Gasteiger partial charge in [-0.1, -0.05) is 0 Å². The second kappa shape index (κ2) is 11.4. The van der Waals surface area contributed by atoms with E-state index in [4.69, 9.17) is 17.5 Å². The largest absolute Gasteiger partial charge is 1.00 e. The third-order valence-electron chi connectivity index (χ3n) is 0. The molecule has 0 aliphatic heterocycles. The first-order valence-electron chi connectivity index (χ1n) is 0.667. The third-order valence-corrected chi connectivity index (χ3v) is 0. The summed E-state index contributed by atoms with van der Waals surface area (Å²) in [5.74, 6) is 0. The minimum absolute atomic E-state index is 0. The van der Waals surface area contributed by atoms with Gasteiger partial charge in [-0.3, -0.25) is 8.42 Å². The quantitative estimate of drug-likeness (QED) is 0.232. The van der Waals surface area contributed by atoms with Gasteiger partial charge in [0.2, 0.25) is 0 Å². The van der Waals surface area contributed by atoms with Crippen molar-refractivity contribution in [3.05, 3.63) is 0 Å². The molecule has 0 aliphatic carbocycles. The van der Waals surface area contributed by atoms with E-state index in [1.807, 2.05) is 0 Å². The summed E-state index contributed by atoms with van der Waals surface area (Å²) in [7, 11) is -5.17. The number of hydrogen-bond donors (Lipinski definition) is 0. The molecule has 1 radical (unpaired) electrons. The molecule has 0 aromatic rings. The summed E-state index contributed by atoms with van der Waals surface area (Å²) in [6.45, 7) is 0. The third kappa shape index (κ3) is 1040. The first-order valence-corrected chi connectivity index (χ1v) is 2.00. The summed E-state index contributed by atoms with van der Waals surface area (Å²) < 4.78 is 34.1. The molecule has 0 saturated carbocycles. The second-order valence-electron chi connectivity index (χ2n) is 0.408. The van der Waals surface area contributed by atoms with E-state index in [0.717, 1.165) is 0 Å². The molecule has 0 heterocycles. The first-order chi connectivity index (χ1) is 2.00. The Hall–Kier alpha value is 0.599. The Morgan fingerprint density at radius 3 is 1.11 bits per heavy atom. The molecule has 0 amide bonds. The fourth-order valence-electron chi connectivity index (χ4n) is 0. The maximum atomic E-state index is 8.52. The minimum Gasteiger partial charge on any atom is -1.00 e. The van der Waals surface area contributed by atoms with E-state index in [1.54, 1.807) is 0 Å². The Kier molecular flexibility index (Phi) is 42.5. The van der Waals surface area contributed by atoms with Crippen molar-refractivity contribution in [2.75, 3.05) is 0 Å². The smallest absolute Gasteiger partial charge is 0.0311 e. The van der Waals surface area contributed by atoms with E-state index >= 15 is 0 Å². The fraction of sp³-hybridized carbons (Fsp3) is 0. The molecule has 0 aliphatic rings. The predicted octanol–water partition coefficient (Wildman–Crippen LogP) is -5.34. The SMILES string of the molecule is O.O=S(=O)([O-])[O-].[Cl-].[Cu].[OH-]. The summed E-state index contributed by atoms with van der Waals surface area (Å²) in [5.41, 5.74) is 0. The number of halogens is 1. The normalized spacial score (nSPS) is 6.44. The summed E-state index contributed by atoms with van der Waals surface area (Å²) in [5, 5.41) is 0. The molecule has 9 heavy (non-hydrogen) atoms. The molecule has 0 aromatic carbocycles. The van der Waals surface area contributed by atoms with Gasteiger partial charge in [0.15, 0.2) is 0 Å². The molecule has 0 rings (SSSR count). The van der Waals surface area contributed by atoms with Crippen molar-refractivity contribution in [3.8, 4) is 0 Å². The van der Waals surface area contributed by atoms with Crippen LogP contribution in [0.2, 0.25) is 0 Å². The summed E-state index contributed by atoms with van der Waals surface area (Å²) in [6.07, 6.45) is 0. The molecule has 0 fully saturated rings. The Morgan fingerprint density at radius 1 is 1.11 bits per heavy atom. The van der Waals surface area contributed by atoms with Crippen molar-refractivity contribution in [2.24, 2.45) is 0 Å². The molecule has 9 heteroatoms. The molecule has 67 valence electrons. The zero-order valence-electron chi connectivity index (χ0n) is 3.67. The van der Waals surface area contributed by atoms with Gasteiger partial charge in [0.25, 0.3) is 0 Å². The van der Waals surface area contributed by atoms with Crippen molar-refractivity contribution >= 4 is 10.4 Å². The summed E-state index contributed by atoms with van der Waals surface area (Å²) in [6, 6.07) is 0. The van der Waals surface area contributed by atoms with E-state index in [1.165, 1.54) is 0 Å². The molecule has 0 aromatic heterocycles. The molecule has 0 spiro atoms. The van der Waals surface area contributed by atoms with Gasteiger partial charge in [-0.15, -0.1) is 0 Å². The maximum Gasteiger partial charge on any atom is 0.0311 e. The zero-order chi connectivity index (χ0) is 4.50. The van der Waals surface area contributed by atoms with E-state index < -0.39 is 10.4 Å². The predicted molar refractivity (Wildman–Crippen MR) is 16.0 cm³/mol. The van der Waals surface area contributed by atoms with Crippen molar-refractivity contribution < 1.29 is 58.0 Å². The number of rotatable bonds is 0. The van der Waals surface area contributed by atoms with Crippen LogP contribution in [-0.2, 0) is 27.5 Å². The molecular formula is H3ClCuO6S-4. The van der Waals surface area contributed by atoms with Crippen LogP contribution in [0.4, 0.5) is 0 Å². The fourth-order valence-corrected chi connectivity index (χ4v) is 0.